The molecule has 0 spiro atoms. The highest BCUT2D eigenvalue weighted by molar-refractivity contribution is 7.20. The van der Waals surface area contributed by atoms with Crippen molar-refractivity contribution in [1.82, 2.24) is 14.9 Å². The van der Waals surface area contributed by atoms with Crippen molar-refractivity contribution in [3.05, 3.63) is 58.0 Å². The summed E-state index contributed by atoms with van der Waals surface area (Å²) in [5.74, 6) is 0.106. The van der Waals surface area contributed by atoms with E-state index in [0.29, 0.717) is 16.8 Å². The first kappa shape index (κ1) is 16.1. The maximum Gasteiger partial charge on any atom is 0.270 e. The van der Waals surface area contributed by atoms with Crippen LogP contribution in [0, 0.1) is 16.0 Å². The van der Waals surface area contributed by atoms with Gasteiger partial charge in [-0.25, -0.2) is 4.98 Å². The van der Waals surface area contributed by atoms with Gasteiger partial charge in [0.1, 0.15) is 0 Å². The lowest BCUT2D eigenvalue weighted by Crippen LogP contribution is -2.29. The molecule has 0 fully saturated rings. The number of non-ortho nitro benzene ring substituents is 1. The largest absolute Gasteiger partial charge is 0.351 e. The van der Waals surface area contributed by atoms with Gasteiger partial charge < -0.3 is 9.88 Å². The van der Waals surface area contributed by atoms with Gasteiger partial charge >= 0.3 is 0 Å². The lowest BCUT2D eigenvalue weighted by Gasteiger charge is -2.12. The monoisotopic (exact) mass is 344 g/mol. The van der Waals surface area contributed by atoms with Crippen molar-refractivity contribution in [3.8, 4) is 0 Å². The van der Waals surface area contributed by atoms with Gasteiger partial charge in [-0.15, -0.1) is 11.3 Å². The van der Waals surface area contributed by atoms with Crippen LogP contribution in [-0.2, 0) is 6.54 Å². The molecule has 0 aliphatic carbocycles. The molecule has 24 heavy (non-hydrogen) atoms. The Kier molecular flexibility index (Phi) is 4.57. The van der Waals surface area contributed by atoms with E-state index in [1.54, 1.807) is 24.7 Å². The number of hydrogen-bond donors (Lipinski definition) is 1. The summed E-state index contributed by atoms with van der Waals surface area (Å²) >= 11 is 1.33. The average molecular weight is 344 g/mol. The van der Waals surface area contributed by atoms with Crippen LogP contribution >= 0.6 is 11.3 Å². The summed E-state index contributed by atoms with van der Waals surface area (Å²) in [5, 5.41) is 14.4. The number of amides is 1. The molecule has 3 aromatic rings. The van der Waals surface area contributed by atoms with Crippen LogP contribution in [0.4, 0.5) is 5.69 Å². The number of nitro groups is 1. The zero-order chi connectivity index (χ0) is 17.1. The highest BCUT2D eigenvalue weighted by Gasteiger charge is 2.14. The number of nitro benzene ring substituents is 1. The number of carbonyl (C=O) groups is 1. The normalized spacial score (nSPS) is 12.2. The van der Waals surface area contributed by atoms with Crippen molar-refractivity contribution in [2.75, 3.05) is 6.54 Å². The summed E-state index contributed by atoms with van der Waals surface area (Å²) in [6, 6.07) is 6.32. The molecule has 0 aliphatic rings. The van der Waals surface area contributed by atoms with E-state index in [-0.39, 0.29) is 17.5 Å². The minimum absolute atomic E-state index is 0.0289. The number of nitrogens with zero attached hydrogens (tertiary/aromatic N) is 3. The first-order chi connectivity index (χ1) is 11.5. The SMILES string of the molecule is C[C@@H](CNC(=O)c1cc2cc([N+](=O)[O-])ccc2s1)Cn1ccnc1. The molecule has 0 radical (unpaired) electrons. The molecule has 0 saturated carbocycles. The van der Waals surface area contributed by atoms with Crippen molar-refractivity contribution in [1.29, 1.82) is 0 Å². The van der Waals surface area contributed by atoms with E-state index in [4.69, 9.17) is 0 Å². The Morgan fingerprint density at radius 2 is 2.29 bits per heavy atom. The average Bonchev–Trinajstić information content (AvgIpc) is 3.20. The van der Waals surface area contributed by atoms with Gasteiger partial charge in [0.2, 0.25) is 0 Å². The molecule has 1 amide bonds. The van der Waals surface area contributed by atoms with Gasteiger partial charge in [-0.2, -0.15) is 0 Å². The fraction of sp³-hybridized carbons (Fsp3) is 0.250. The van der Waals surface area contributed by atoms with E-state index in [1.165, 1.54) is 23.5 Å². The van der Waals surface area contributed by atoms with Gasteiger partial charge in [0.15, 0.2) is 0 Å². The van der Waals surface area contributed by atoms with Crippen LogP contribution in [-0.4, -0.2) is 26.9 Å². The van der Waals surface area contributed by atoms with Crippen LogP contribution in [0.5, 0.6) is 0 Å². The Morgan fingerprint density at radius 1 is 1.46 bits per heavy atom. The Hall–Kier alpha value is -2.74. The number of fused-ring (bicyclic) bond motifs is 1. The number of benzene rings is 1. The predicted octanol–water partition coefficient (Wildman–Crippen LogP) is 3.07. The molecule has 0 bridgehead atoms. The Labute approximate surface area is 142 Å². The fourth-order valence-corrected chi connectivity index (χ4v) is 3.39. The second kappa shape index (κ2) is 6.79. The van der Waals surface area contributed by atoms with E-state index >= 15 is 0 Å². The number of imidazole rings is 1. The van der Waals surface area contributed by atoms with Crippen LogP contribution in [0.2, 0.25) is 0 Å². The number of carbonyl (C=O) groups excluding carboxylic acids is 1. The molecule has 7 nitrogen and oxygen atoms in total. The third-order valence-electron chi connectivity index (χ3n) is 3.63. The molecule has 124 valence electrons. The summed E-state index contributed by atoms with van der Waals surface area (Å²) in [6.45, 7) is 3.37. The van der Waals surface area contributed by atoms with Gasteiger partial charge in [-0.1, -0.05) is 6.92 Å². The molecular formula is C16H16N4O3S. The van der Waals surface area contributed by atoms with Crippen LogP contribution in [0.3, 0.4) is 0 Å². The summed E-state index contributed by atoms with van der Waals surface area (Å²) in [6.07, 6.45) is 5.36. The zero-order valence-electron chi connectivity index (χ0n) is 13.0. The van der Waals surface area contributed by atoms with Crippen LogP contribution < -0.4 is 5.32 Å². The maximum atomic E-state index is 12.3. The molecule has 1 atom stereocenters. The van der Waals surface area contributed by atoms with Crippen LogP contribution in [0.25, 0.3) is 10.1 Å². The van der Waals surface area contributed by atoms with Crippen molar-refractivity contribution in [3.63, 3.8) is 0 Å². The number of nitrogens with one attached hydrogen (secondary N) is 1. The molecule has 0 unspecified atom stereocenters. The smallest absolute Gasteiger partial charge is 0.270 e. The minimum atomic E-state index is -0.436. The topological polar surface area (TPSA) is 90.1 Å². The lowest BCUT2D eigenvalue weighted by atomic mass is 10.2. The molecule has 1 aromatic carbocycles. The Bertz CT molecular complexity index is 873. The third kappa shape index (κ3) is 3.60. The van der Waals surface area contributed by atoms with Gasteiger partial charge in [0, 0.05) is 47.7 Å². The van der Waals surface area contributed by atoms with Gasteiger partial charge in [0.05, 0.1) is 16.1 Å². The minimum Gasteiger partial charge on any atom is -0.351 e. The van der Waals surface area contributed by atoms with Crippen LogP contribution in [0.1, 0.15) is 16.6 Å². The van der Waals surface area contributed by atoms with Gasteiger partial charge in [0.25, 0.3) is 11.6 Å². The standard InChI is InChI=1S/C16H16N4O3S/c1-11(9-19-5-4-17-10-19)8-18-16(21)15-7-12-6-13(20(22)23)2-3-14(12)24-15/h2-7,10-11H,8-9H2,1H3,(H,18,21)/t11-/m0/s1. The highest BCUT2D eigenvalue weighted by Crippen LogP contribution is 2.28. The quantitative estimate of drug-likeness (QED) is 0.549. The third-order valence-corrected chi connectivity index (χ3v) is 4.74. The zero-order valence-corrected chi connectivity index (χ0v) is 13.8. The van der Waals surface area contributed by atoms with Crippen molar-refractivity contribution < 1.29 is 9.72 Å². The van der Waals surface area contributed by atoms with Crippen molar-refractivity contribution in [2.45, 2.75) is 13.5 Å². The molecule has 2 aromatic heterocycles. The summed E-state index contributed by atoms with van der Waals surface area (Å²) in [7, 11) is 0. The maximum absolute atomic E-state index is 12.3. The molecule has 0 aliphatic heterocycles. The number of thiophene rings is 1. The van der Waals surface area contributed by atoms with E-state index < -0.39 is 4.92 Å². The summed E-state index contributed by atoms with van der Waals surface area (Å²) in [4.78, 5) is 27.2. The summed E-state index contributed by atoms with van der Waals surface area (Å²) in [5.41, 5.74) is 0.0289. The predicted molar refractivity (Wildman–Crippen MR) is 92.2 cm³/mol. The molecule has 0 saturated heterocycles. The lowest BCUT2D eigenvalue weighted by molar-refractivity contribution is -0.384. The molecule has 1 N–H and O–H groups in total. The van der Waals surface area contributed by atoms with Crippen LogP contribution in [0.15, 0.2) is 43.0 Å². The van der Waals surface area contributed by atoms with Crippen molar-refractivity contribution >= 4 is 33.0 Å². The van der Waals surface area contributed by atoms with E-state index in [0.717, 1.165) is 11.2 Å². The van der Waals surface area contributed by atoms with Gasteiger partial charge in [-0.05, 0) is 18.1 Å². The fourth-order valence-electron chi connectivity index (χ4n) is 2.43. The van der Waals surface area contributed by atoms with Crippen molar-refractivity contribution in [2.24, 2.45) is 5.92 Å². The Balaban J connectivity index is 1.64. The first-order valence-corrected chi connectivity index (χ1v) is 8.26. The van der Waals surface area contributed by atoms with Gasteiger partial charge in [-0.3, -0.25) is 14.9 Å². The molecule has 3 rings (SSSR count). The molecule has 2 heterocycles. The molecular weight excluding hydrogens is 328 g/mol. The Morgan fingerprint density at radius 3 is 3.00 bits per heavy atom. The second-order valence-corrected chi connectivity index (χ2v) is 6.75. The second-order valence-electron chi connectivity index (χ2n) is 5.66. The van der Waals surface area contributed by atoms with E-state index in [1.807, 2.05) is 10.8 Å². The number of hydrogen-bond acceptors (Lipinski definition) is 5. The summed E-state index contributed by atoms with van der Waals surface area (Å²) < 4.78 is 2.83. The molecule has 8 heteroatoms. The highest BCUT2D eigenvalue weighted by atomic mass is 32.1. The first-order valence-electron chi connectivity index (χ1n) is 7.45. The van der Waals surface area contributed by atoms with E-state index in [9.17, 15) is 14.9 Å². The number of aromatic nitrogens is 2. The number of rotatable bonds is 6. The van der Waals surface area contributed by atoms with E-state index in [2.05, 4.69) is 17.2 Å².